The lowest BCUT2D eigenvalue weighted by Gasteiger charge is -2.12. The number of halogens is 1. The highest BCUT2D eigenvalue weighted by Gasteiger charge is 2.17. The number of nitro benzene ring substituents is 1. The molecule has 0 heterocycles. The van der Waals surface area contributed by atoms with Gasteiger partial charge in [-0.3, -0.25) is 19.7 Å². The van der Waals surface area contributed by atoms with Gasteiger partial charge in [-0.15, -0.1) is 0 Å². The molecule has 3 aromatic carbocycles. The van der Waals surface area contributed by atoms with Gasteiger partial charge in [0, 0.05) is 28.3 Å². The average molecular weight is 425 g/mol. The quantitative estimate of drug-likeness (QED) is 0.333. The van der Waals surface area contributed by atoms with Crippen molar-refractivity contribution in [2.45, 2.75) is 6.92 Å². The van der Waals surface area contributed by atoms with Crippen molar-refractivity contribution in [2.24, 2.45) is 0 Å². The number of ketones is 1. The van der Waals surface area contributed by atoms with Gasteiger partial charge in [0.05, 0.1) is 10.6 Å². The Morgan fingerprint density at radius 2 is 1.80 bits per heavy atom. The van der Waals surface area contributed by atoms with E-state index in [9.17, 15) is 19.7 Å². The largest absolute Gasteiger partial charge is 0.483 e. The molecule has 0 aromatic heterocycles. The molecule has 0 atom stereocenters. The zero-order chi connectivity index (χ0) is 21.7. The third kappa shape index (κ3) is 5.01. The van der Waals surface area contributed by atoms with Crippen LogP contribution in [0.5, 0.6) is 5.75 Å². The van der Waals surface area contributed by atoms with Crippen LogP contribution in [0.2, 0.25) is 5.02 Å². The van der Waals surface area contributed by atoms with E-state index in [1.807, 2.05) is 0 Å². The van der Waals surface area contributed by atoms with Crippen molar-refractivity contribution in [1.29, 1.82) is 0 Å². The van der Waals surface area contributed by atoms with Gasteiger partial charge in [0.25, 0.3) is 11.6 Å². The molecule has 0 fully saturated rings. The normalized spacial score (nSPS) is 10.3. The Morgan fingerprint density at radius 3 is 2.47 bits per heavy atom. The molecule has 1 amide bonds. The van der Waals surface area contributed by atoms with Gasteiger partial charge in [-0.2, -0.15) is 0 Å². The molecular formula is C22H17ClN2O5. The summed E-state index contributed by atoms with van der Waals surface area (Å²) in [7, 11) is 0. The first-order valence-electron chi connectivity index (χ1n) is 8.92. The maximum Gasteiger partial charge on any atom is 0.269 e. The third-order valence-corrected chi connectivity index (χ3v) is 4.50. The molecular weight excluding hydrogens is 408 g/mol. The molecule has 8 heteroatoms. The van der Waals surface area contributed by atoms with Gasteiger partial charge in [-0.25, -0.2) is 0 Å². The minimum Gasteiger partial charge on any atom is -0.483 e. The zero-order valence-electron chi connectivity index (χ0n) is 15.9. The molecule has 30 heavy (non-hydrogen) atoms. The number of anilines is 1. The molecule has 152 valence electrons. The summed E-state index contributed by atoms with van der Waals surface area (Å²) in [4.78, 5) is 35.5. The molecule has 0 saturated heterocycles. The summed E-state index contributed by atoms with van der Waals surface area (Å²) in [5.74, 6) is -0.412. The fourth-order valence-corrected chi connectivity index (χ4v) is 2.97. The van der Waals surface area contributed by atoms with Crippen LogP contribution in [0.25, 0.3) is 0 Å². The third-order valence-electron chi connectivity index (χ3n) is 4.26. The lowest BCUT2D eigenvalue weighted by molar-refractivity contribution is -0.384. The van der Waals surface area contributed by atoms with Crippen molar-refractivity contribution < 1.29 is 19.2 Å². The number of hydrogen-bond donors (Lipinski definition) is 1. The fraction of sp³-hybridized carbons (Fsp3) is 0.0909. The van der Waals surface area contributed by atoms with E-state index in [2.05, 4.69) is 5.32 Å². The number of ether oxygens (including phenoxy) is 1. The van der Waals surface area contributed by atoms with E-state index in [-0.39, 0.29) is 23.6 Å². The first-order valence-corrected chi connectivity index (χ1v) is 9.30. The number of amides is 1. The van der Waals surface area contributed by atoms with Crippen LogP contribution in [-0.2, 0) is 4.79 Å². The standard InChI is InChI=1S/C22H17ClN2O5/c1-14-11-17(25(28)29)8-10-20(14)30-13-21(26)24-19-9-7-16(23)12-18(19)22(27)15-5-3-2-4-6-15/h2-12H,13H2,1H3,(H,24,26). The van der Waals surface area contributed by atoms with Crippen LogP contribution >= 0.6 is 11.6 Å². The van der Waals surface area contributed by atoms with E-state index in [0.29, 0.717) is 27.6 Å². The van der Waals surface area contributed by atoms with Gasteiger partial charge in [0.1, 0.15) is 5.75 Å². The van der Waals surface area contributed by atoms with Crippen LogP contribution in [0.3, 0.4) is 0 Å². The number of benzene rings is 3. The summed E-state index contributed by atoms with van der Waals surface area (Å²) in [6, 6.07) is 17.4. The molecule has 0 aliphatic rings. The number of nitro groups is 1. The van der Waals surface area contributed by atoms with Gasteiger partial charge in [0.15, 0.2) is 12.4 Å². The predicted octanol–water partition coefficient (Wildman–Crippen LogP) is 4.81. The number of non-ortho nitro benzene ring substituents is 1. The van der Waals surface area contributed by atoms with Crippen molar-refractivity contribution >= 4 is 34.7 Å². The Kier molecular flexibility index (Phi) is 6.44. The predicted molar refractivity (Wildman–Crippen MR) is 113 cm³/mol. The van der Waals surface area contributed by atoms with Crippen LogP contribution in [0.4, 0.5) is 11.4 Å². The first kappa shape index (κ1) is 21.0. The number of nitrogens with one attached hydrogen (secondary N) is 1. The van der Waals surface area contributed by atoms with E-state index < -0.39 is 10.8 Å². The van der Waals surface area contributed by atoms with Crippen LogP contribution in [0.1, 0.15) is 21.5 Å². The highest BCUT2D eigenvalue weighted by atomic mass is 35.5. The number of carbonyl (C=O) groups excluding carboxylic acids is 2. The number of carbonyl (C=O) groups is 2. The molecule has 0 radical (unpaired) electrons. The fourth-order valence-electron chi connectivity index (χ4n) is 2.80. The minimum absolute atomic E-state index is 0.0606. The highest BCUT2D eigenvalue weighted by Crippen LogP contribution is 2.25. The molecule has 3 aromatic rings. The first-order chi connectivity index (χ1) is 14.3. The summed E-state index contributed by atoms with van der Waals surface area (Å²) >= 11 is 6.04. The van der Waals surface area contributed by atoms with Crippen molar-refractivity contribution in [2.75, 3.05) is 11.9 Å². The minimum atomic E-state index is -0.505. The molecule has 1 N–H and O–H groups in total. The lowest BCUT2D eigenvalue weighted by atomic mass is 10.0. The molecule has 0 spiro atoms. The molecule has 0 aliphatic heterocycles. The molecule has 0 bridgehead atoms. The summed E-state index contributed by atoms with van der Waals surface area (Å²) in [6.07, 6.45) is 0. The van der Waals surface area contributed by atoms with Crippen molar-refractivity contribution in [1.82, 2.24) is 0 Å². The molecule has 0 unspecified atom stereocenters. The van der Waals surface area contributed by atoms with Crippen molar-refractivity contribution in [3.63, 3.8) is 0 Å². The number of hydrogen-bond acceptors (Lipinski definition) is 5. The van der Waals surface area contributed by atoms with Gasteiger partial charge in [-0.1, -0.05) is 41.9 Å². The Morgan fingerprint density at radius 1 is 1.07 bits per heavy atom. The number of aryl methyl sites for hydroxylation is 1. The topological polar surface area (TPSA) is 98.5 Å². The number of rotatable bonds is 7. The van der Waals surface area contributed by atoms with E-state index in [1.165, 1.54) is 24.3 Å². The maximum absolute atomic E-state index is 12.8. The smallest absolute Gasteiger partial charge is 0.269 e. The zero-order valence-corrected chi connectivity index (χ0v) is 16.7. The average Bonchev–Trinajstić information content (AvgIpc) is 2.74. The SMILES string of the molecule is Cc1cc([N+](=O)[O-])ccc1OCC(=O)Nc1ccc(Cl)cc1C(=O)c1ccccc1. The second-order valence-electron chi connectivity index (χ2n) is 6.43. The van der Waals surface area contributed by atoms with Crippen LogP contribution < -0.4 is 10.1 Å². The van der Waals surface area contributed by atoms with Gasteiger partial charge in [-0.05, 0) is 36.8 Å². The second kappa shape index (κ2) is 9.19. The number of nitrogens with zero attached hydrogens (tertiary/aromatic N) is 1. The van der Waals surface area contributed by atoms with E-state index in [1.54, 1.807) is 49.4 Å². The second-order valence-corrected chi connectivity index (χ2v) is 6.87. The Balaban J connectivity index is 1.73. The maximum atomic E-state index is 12.8. The Labute approximate surface area is 177 Å². The molecule has 0 aliphatic carbocycles. The van der Waals surface area contributed by atoms with E-state index >= 15 is 0 Å². The summed E-state index contributed by atoms with van der Waals surface area (Å²) in [5, 5.41) is 13.8. The van der Waals surface area contributed by atoms with E-state index in [0.717, 1.165) is 0 Å². The summed E-state index contributed by atoms with van der Waals surface area (Å²) in [6.45, 7) is 1.32. The Hall–Kier alpha value is -3.71. The van der Waals surface area contributed by atoms with E-state index in [4.69, 9.17) is 16.3 Å². The lowest BCUT2D eigenvalue weighted by Crippen LogP contribution is -2.22. The molecule has 3 rings (SSSR count). The monoisotopic (exact) mass is 424 g/mol. The van der Waals surface area contributed by atoms with Crippen LogP contribution in [-0.4, -0.2) is 23.2 Å². The van der Waals surface area contributed by atoms with Crippen molar-refractivity contribution in [3.05, 3.63) is 98.6 Å². The molecule has 7 nitrogen and oxygen atoms in total. The Bertz CT molecular complexity index is 1120. The summed E-state index contributed by atoms with van der Waals surface area (Å²) < 4.78 is 5.47. The van der Waals surface area contributed by atoms with Crippen LogP contribution in [0.15, 0.2) is 66.7 Å². The van der Waals surface area contributed by atoms with Crippen LogP contribution in [0, 0.1) is 17.0 Å². The summed E-state index contributed by atoms with van der Waals surface area (Å²) in [5.41, 5.74) is 1.50. The van der Waals surface area contributed by atoms with Gasteiger partial charge < -0.3 is 10.1 Å². The molecule has 0 saturated carbocycles. The van der Waals surface area contributed by atoms with Gasteiger partial charge >= 0.3 is 0 Å². The van der Waals surface area contributed by atoms with Gasteiger partial charge in [0.2, 0.25) is 0 Å². The van der Waals surface area contributed by atoms with Crippen molar-refractivity contribution in [3.8, 4) is 5.75 Å². The highest BCUT2D eigenvalue weighted by molar-refractivity contribution is 6.31.